The van der Waals surface area contributed by atoms with E-state index in [0.29, 0.717) is 18.0 Å². The average Bonchev–Trinajstić information content (AvgIpc) is 3.02. The monoisotopic (exact) mass is 427 g/mol. The Labute approximate surface area is 174 Å². The van der Waals surface area contributed by atoms with E-state index in [-0.39, 0.29) is 5.56 Å². The standard InChI is InChI=1S/C23H36F3NOSi/c1-6-29(7-2,8-3)28-21(17-11-9-10-12-18(17)23(24,25)26)15-27-16-13-19-20(14-16)22(19,4)5/h9-12,16,19-21,27H,6-8,13-15H2,1-5H3/t16-,19+,20-,21?. The van der Waals surface area contributed by atoms with Gasteiger partial charge < -0.3 is 9.74 Å². The van der Waals surface area contributed by atoms with E-state index >= 15 is 0 Å². The number of benzene rings is 1. The summed E-state index contributed by atoms with van der Waals surface area (Å²) in [5, 5.41) is 3.58. The van der Waals surface area contributed by atoms with Crippen molar-refractivity contribution in [2.45, 2.75) is 83.9 Å². The minimum absolute atomic E-state index is 0.281. The molecule has 2 nitrogen and oxygen atoms in total. The summed E-state index contributed by atoms with van der Waals surface area (Å²) in [6.45, 7) is 11.5. The summed E-state index contributed by atoms with van der Waals surface area (Å²) in [6, 6.07) is 9.11. The molecule has 1 N–H and O–H groups in total. The quantitative estimate of drug-likeness (QED) is 0.438. The van der Waals surface area contributed by atoms with Crippen LogP contribution in [0.4, 0.5) is 13.2 Å². The molecule has 0 radical (unpaired) electrons. The number of nitrogens with one attached hydrogen (secondary N) is 1. The highest BCUT2D eigenvalue weighted by Gasteiger charge is 2.61. The highest BCUT2D eigenvalue weighted by molar-refractivity contribution is 6.73. The molecule has 1 aromatic rings. The molecule has 1 aromatic carbocycles. The van der Waals surface area contributed by atoms with Crippen molar-refractivity contribution < 1.29 is 17.6 Å². The minimum Gasteiger partial charge on any atom is -0.409 e. The Hall–Kier alpha value is -0.853. The Kier molecular flexibility index (Phi) is 6.57. The van der Waals surface area contributed by atoms with E-state index in [9.17, 15) is 13.2 Å². The molecule has 4 atom stereocenters. The van der Waals surface area contributed by atoms with Gasteiger partial charge >= 0.3 is 6.18 Å². The normalized spacial score (nSPS) is 27.0. The van der Waals surface area contributed by atoms with Crippen LogP contribution in [0.1, 0.15) is 64.7 Å². The summed E-state index contributed by atoms with van der Waals surface area (Å²) in [5.74, 6) is 1.52. The largest absolute Gasteiger partial charge is 0.416 e. The van der Waals surface area contributed by atoms with Gasteiger partial charge in [-0.15, -0.1) is 0 Å². The summed E-state index contributed by atoms with van der Waals surface area (Å²) in [6.07, 6.45) is -2.66. The molecule has 0 spiro atoms. The first-order valence-corrected chi connectivity index (χ1v) is 13.7. The summed E-state index contributed by atoms with van der Waals surface area (Å²) < 4.78 is 47.7. The van der Waals surface area contributed by atoms with E-state index in [1.54, 1.807) is 12.1 Å². The lowest BCUT2D eigenvalue weighted by molar-refractivity contribution is -0.139. The van der Waals surface area contributed by atoms with Crippen molar-refractivity contribution in [2.24, 2.45) is 17.3 Å². The molecule has 164 valence electrons. The van der Waals surface area contributed by atoms with Gasteiger partial charge in [0.1, 0.15) is 0 Å². The molecule has 0 saturated heterocycles. The number of hydrogen-bond acceptors (Lipinski definition) is 2. The molecule has 1 unspecified atom stereocenters. The molecule has 2 aliphatic carbocycles. The van der Waals surface area contributed by atoms with Gasteiger partial charge in [-0.2, -0.15) is 13.2 Å². The van der Waals surface area contributed by atoms with Crippen LogP contribution in [0, 0.1) is 17.3 Å². The Balaban J connectivity index is 1.80. The highest BCUT2D eigenvalue weighted by Crippen LogP contribution is 2.66. The van der Waals surface area contributed by atoms with Crippen LogP contribution in [-0.2, 0) is 10.6 Å². The fourth-order valence-corrected chi connectivity index (χ4v) is 8.31. The molecule has 2 aliphatic rings. The Morgan fingerprint density at radius 3 is 2.14 bits per heavy atom. The lowest BCUT2D eigenvalue weighted by atomic mass is 9.97. The van der Waals surface area contributed by atoms with Gasteiger partial charge in [-0.3, -0.25) is 0 Å². The van der Waals surface area contributed by atoms with E-state index in [1.807, 2.05) is 0 Å². The van der Waals surface area contributed by atoms with Crippen molar-refractivity contribution in [1.82, 2.24) is 5.32 Å². The molecule has 29 heavy (non-hydrogen) atoms. The first kappa shape index (κ1) is 22.8. The molecule has 2 fully saturated rings. The van der Waals surface area contributed by atoms with Crippen LogP contribution in [0.15, 0.2) is 24.3 Å². The van der Waals surface area contributed by atoms with Crippen molar-refractivity contribution in [1.29, 1.82) is 0 Å². The van der Waals surface area contributed by atoms with E-state index in [1.165, 1.54) is 12.1 Å². The van der Waals surface area contributed by atoms with E-state index in [0.717, 1.165) is 42.8 Å². The second-order valence-corrected chi connectivity index (χ2v) is 14.3. The van der Waals surface area contributed by atoms with Crippen LogP contribution < -0.4 is 5.32 Å². The van der Waals surface area contributed by atoms with Crippen LogP contribution in [-0.4, -0.2) is 20.9 Å². The van der Waals surface area contributed by atoms with Crippen molar-refractivity contribution in [2.75, 3.05) is 6.54 Å². The summed E-state index contributed by atoms with van der Waals surface area (Å²) >= 11 is 0. The van der Waals surface area contributed by atoms with E-state index < -0.39 is 26.2 Å². The number of hydrogen-bond donors (Lipinski definition) is 1. The lowest BCUT2D eigenvalue weighted by Crippen LogP contribution is -2.42. The number of alkyl halides is 3. The van der Waals surface area contributed by atoms with Gasteiger partial charge in [-0.25, -0.2) is 0 Å². The van der Waals surface area contributed by atoms with Gasteiger partial charge in [0, 0.05) is 12.6 Å². The Morgan fingerprint density at radius 1 is 1.07 bits per heavy atom. The van der Waals surface area contributed by atoms with Crippen molar-refractivity contribution in [3.8, 4) is 0 Å². The predicted octanol–water partition coefficient (Wildman–Crippen LogP) is 6.79. The molecule has 6 heteroatoms. The summed E-state index contributed by atoms with van der Waals surface area (Å²) in [4.78, 5) is 0. The third kappa shape index (κ3) is 4.59. The maximum Gasteiger partial charge on any atom is 0.416 e. The van der Waals surface area contributed by atoms with E-state index in [4.69, 9.17) is 4.43 Å². The highest BCUT2D eigenvalue weighted by atomic mass is 28.4. The zero-order valence-corrected chi connectivity index (χ0v) is 19.4. The molecule has 0 aromatic heterocycles. The van der Waals surface area contributed by atoms with Gasteiger partial charge in [-0.1, -0.05) is 52.8 Å². The molecule has 0 amide bonds. The van der Waals surface area contributed by atoms with Crippen LogP contribution >= 0.6 is 0 Å². The smallest absolute Gasteiger partial charge is 0.409 e. The van der Waals surface area contributed by atoms with E-state index in [2.05, 4.69) is 39.9 Å². The van der Waals surface area contributed by atoms with Gasteiger partial charge in [0.2, 0.25) is 0 Å². The lowest BCUT2D eigenvalue weighted by Gasteiger charge is -2.35. The third-order valence-corrected chi connectivity index (χ3v) is 12.5. The van der Waals surface area contributed by atoms with Gasteiger partial charge in [0.15, 0.2) is 8.32 Å². The maximum absolute atomic E-state index is 13.7. The third-order valence-electron chi connectivity index (χ3n) is 7.90. The van der Waals surface area contributed by atoms with Gasteiger partial charge in [0.05, 0.1) is 11.7 Å². The fraction of sp³-hybridized carbons (Fsp3) is 0.739. The van der Waals surface area contributed by atoms with Gasteiger partial charge in [-0.05, 0) is 59.9 Å². The molecular formula is C23H36F3NOSi. The molecule has 2 saturated carbocycles. The SMILES string of the molecule is CC[Si](CC)(CC)OC(CN[C@H]1C[C@@H]2[C@H](C1)C2(C)C)c1ccccc1C(F)(F)F. The van der Waals surface area contributed by atoms with Crippen LogP contribution in [0.5, 0.6) is 0 Å². The number of fused-ring (bicyclic) bond motifs is 1. The average molecular weight is 428 g/mol. The van der Waals surface area contributed by atoms with Crippen molar-refractivity contribution in [3.63, 3.8) is 0 Å². The second kappa shape index (κ2) is 8.35. The summed E-state index contributed by atoms with van der Waals surface area (Å²) in [5.41, 5.74) is 0.169. The van der Waals surface area contributed by atoms with Gasteiger partial charge in [0.25, 0.3) is 0 Å². The first-order chi connectivity index (χ1) is 13.6. The zero-order valence-electron chi connectivity index (χ0n) is 18.4. The maximum atomic E-state index is 13.7. The topological polar surface area (TPSA) is 21.3 Å². The fourth-order valence-electron chi connectivity index (χ4n) is 5.50. The predicted molar refractivity (Wildman–Crippen MR) is 114 cm³/mol. The van der Waals surface area contributed by atoms with Crippen LogP contribution in [0.25, 0.3) is 0 Å². The van der Waals surface area contributed by atoms with Crippen LogP contribution in [0.2, 0.25) is 18.1 Å². The molecular weight excluding hydrogens is 391 g/mol. The molecule has 0 heterocycles. The minimum atomic E-state index is -4.37. The zero-order chi connectivity index (χ0) is 21.4. The number of rotatable bonds is 9. The Bertz CT molecular complexity index is 679. The van der Waals surface area contributed by atoms with Crippen molar-refractivity contribution in [3.05, 3.63) is 35.4 Å². The molecule has 0 aliphatic heterocycles. The van der Waals surface area contributed by atoms with Crippen molar-refractivity contribution >= 4 is 8.32 Å². The van der Waals surface area contributed by atoms with Crippen LogP contribution in [0.3, 0.4) is 0 Å². The molecule has 3 rings (SSSR count). The Morgan fingerprint density at radius 2 is 1.62 bits per heavy atom. The number of halogens is 3. The first-order valence-electron chi connectivity index (χ1n) is 11.1. The second-order valence-electron chi connectivity index (χ2n) is 9.55. The molecule has 0 bridgehead atoms. The summed E-state index contributed by atoms with van der Waals surface area (Å²) in [7, 11) is -2.06.